The standard InChI is InChI=1S/C19H15F3N2O2/c1-2-18(25)23-15-6-7-17-14(11-15)8-9-24(17)12-13-4-3-5-16(10-13)26-19(20,21)22/h2-11H,1,12H2,(H,23,25). The Balaban J connectivity index is 1.82. The first-order valence-corrected chi connectivity index (χ1v) is 7.71. The number of carbonyl (C=O) groups excluding carboxylic acids is 1. The molecule has 1 aromatic heterocycles. The number of halogens is 3. The second-order valence-electron chi connectivity index (χ2n) is 5.61. The van der Waals surface area contributed by atoms with Gasteiger partial charge in [0, 0.05) is 29.3 Å². The fraction of sp³-hybridized carbons (Fsp3) is 0.105. The highest BCUT2D eigenvalue weighted by atomic mass is 19.4. The summed E-state index contributed by atoms with van der Waals surface area (Å²) in [6, 6.07) is 13.1. The number of anilines is 1. The third-order valence-electron chi connectivity index (χ3n) is 3.71. The minimum absolute atomic E-state index is 0.249. The Bertz CT molecular complexity index is 961. The van der Waals surface area contributed by atoms with Crippen LogP contribution in [0.5, 0.6) is 5.75 Å². The smallest absolute Gasteiger partial charge is 0.406 e. The summed E-state index contributed by atoms with van der Waals surface area (Å²) in [6.07, 6.45) is -1.70. The molecule has 1 N–H and O–H groups in total. The van der Waals surface area contributed by atoms with E-state index in [9.17, 15) is 18.0 Å². The van der Waals surface area contributed by atoms with Gasteiger partial charge in [-0.15, -0.1) is 13.2 Å². The zero-order valence-corrected chi connectivity index (χ0v) is 13.6. The summed E-state index contributed by atoms with van der Waals surface area (Å²) < 4.78 is 42.9. The van der Waals surface area contributed by atoms with E-state index in [0.717, 1.165) is 10.9 Å². The van der Waals surface area contributed by atoms with Crippen LogP contribution in [0.15, 0.2) is 67.4 Å². The van der Waals surface area contributed by atoms with Gasteiger partial charge in [-0.2, -0.15) is 0 Å². The van der Waals surface area contributed by atoms with Crippen LogP contribution < -0.4 is 10.1 Å². The molecule has 0 unspecified atom stereocenters. The van der Waals surface area contributed by atoms with Crippen molar-refractivity contribution in [1.82, 2.24) is 4.57 Å². The molecular weight excluding hydrogens is 345 g/mol. The van der Waals surface area contributed by atoms with Crippen LogP contribution in [-0.4, -0.2) is 16.8 Å². The van der Waals surface area contributed by atoms with E-state index in [1.807, 2.05) is 29.0 Å². The number of rotatable bonds is 5. The first-order valence-electron chi connectivity index (χ1n) is 7.71. The Morgan fingerprint density at radius 3 is 2.73 bits per heavy atom. The number of aromatic nitrogens is 1. The van der Waals surface area contributed by atoms with E-state index in [2.05, 4.69) is 16.6 Å². The topological polar surface area (TPSA) is 43.3 Å². The third kappa shape index (κ3) is 4.24. The van der Waals surface area contributed by atoms with Gasteiger partial charge < -0.3 is 14.6 Å². The molecule has 0 atom stereocenters. The molecule has 1 amide bonds. The van der Waals surface area contributed by atoms with E-state index in [1.54, 1.807) is 12.1 Å². The van der Waals surface area contributed by atoms with Crippen molar-refractivity contribution in [1.29, 1.82) is 0 Å². The lowest BCUT2D eigenvalue weighted by Gasteiger charge is -2.11. The van der Waals surface area contributed by atoms with Crippen LogP contribution in [0.25, 0.3) is 10.9 Å². The van der Waals surface area contributed by atoms with Crippen molar-refractivity contribution in [2.24, 2.45) is 0 Å². The molecule has 7 heteroatoms. The van der Waals surface area contributed by atoms with Crippen molar-refractivity contribution in [3.63, 3.8) is 0 Å². The molecule has 134 valence electrons. The molecule has 0 aliphatic rings. The van der Waals surface area contributed by atoms with E-state index in [4.69, 9.17) is 0 Å². The maximum atomic E-state index is 12.3. The van der Waals surface area contributed by atoms with Crippen molar-refractivity contribution in [2.45, 2.75) is 12.9 Å². The number of carbonyl (C=O) groups is 1. The van der Waals surface area contributed by atoms with Gasteiger partial charge in [0.15, 0.2) is 0 Å². The molecule has 0 radical (unpaired) electrons. The predicted octanol–water partition coefficient (Wildman–Crippen LogP) is 4.71. The Morgan fingerprint density at radius 2 is 2.00 bits per heavy atom. The summed E-state index contributed by atoms with van der Waals surface area (Å²) in [5, 5.41) is 3.58. The summed E-state index contributed by atoms with van der Waals surface area (Å²) >= 11 is 0. The molecule has 4 nitrogen and oxygen atoms in total. The average molecular weight is 360 g/mol. The lowest BCUT2D eigenvalue weighted by atomic mass is 10.2. The maximum absolute atomic E-state index is 12.3. The van der Waals surface area contributed by atoms with Gasteiger partial charge in [0.05, 0.1) is 0 Å². The van der Waals surface area contributed by atoms with Gasteiger partial charge in [-0.3, -0.25) is 4.79 Å². The molecule has 0 saturated heterocycles. The van der Waals surface area contributed by atoms with Crippen LogP contribution in [0.3, 0.4) is 0 Å². The number of nitrogens with one attached hydrogen (secondary N) is 1. The number of ether oxygens (including phenoxy) is 1. The fourth-order valence-electron chi connectivity index (χ4n) is 2.65. The normalized spacial score (nSPS) is 11.3. The SMILES string of the molecule is C=CC(=O)Nc1ccc2c(ccn2Cc2cccc(OC(F)(F)F)c2)c1. The second-order valence-corrected chi connectivity index (χ2v) is 5.61. The van der Waals surface area contributed by atoms with E-state index in [0.29, 0.717) is 17.8 Å². The molecule has 2 aromatic carbocycles. The molecular formula is C19H15F3N2O2. The van der Waals surface area contributed by atoms with Gasteiger partial charge in [-0.1, -0.05) is 18.7 Å². The number of fused-ring (bicyclic) bond motifs is 1. The number of nitrogens with zero attached hydrogens (tertiary/aromatic N) is 1. The van der Waals surface area contributed by atoms with Gasteiger partial charge in [0.1, 0.15) is 5.75 Å². The fourth-order valence-corrected chi connectivity index (χ4v) is 2.65. The number of benzene rings is 2. The number of amides is 1. The quantitative estimate of drug-likeness (QED) is 0.670. The van der Waals surface area contributed by atoms with Gasteiger partial charge in [-0.05, 0) is 48.0 Å². The highest BCUT2D eigenvalue weighted by Gasteiger charge is 2.31. The summed E-state index contributed by atoms with van der Waals surface area (Å²) in [4.78, 5) is 11.4. The summed E-state index contributed by atoms with van der Waals surface area (Å²) in [6.45, 7) is 3.79. The van der Waals surface area contributed by atoms with Crippen molar-refractivity contribution in [3.05, 3.63) is 72.9 Å². The zero-order valence-electron chi connectivity index (χ0n) is 13.6. The van der Waals surface area contributed by atoms with Crippen LogP contribution in [-0.2, 0) is 11.3 Å². The summed E-state index contributed by atoms with van der Waals surface area (Å²) in [5.41, 5.74) is 2.21. The van der Waals surface area contributed by atoms with Crippen LogP contribution in [0.2, 0.25) is 0 Å². The predicted molar refractivity (Wildman–Crippen MR) is 93.0 cm³/mol. The van der Waals surface area contributed by atoms with Crippen molar-refractivity contribution in [3.8, 4) is 5.75 Å². The highest BCUT2D eigenvalue weighted by molar-refractivity contribution is 6.00. The number of hydrogen-bond donors (Lipinski definition) is 1. The molecule has 0 fully saturated rings. The van der Waals surface area contributed by atoms with Crippen LogP contribution in [0, 0.1) is 0 Å². The molecule has 3 rings (SSSR count). The van der Waals surface area contributed by atoms with Gasteiger partial charge in [0.2, 0.25) is 5.91 Å². The average Bonchev–Trinajstić information content (AvgIpc) is 2.95. The Labute approximate surface area is 147 Å². The zero-order chi connectivity index (χ0) is 18.7. The van der Waals surface area contributed by atoms with Crippen molar-refractivity contribution in [2.75, 3.05) is 5.32 Å². The largest absolute Gasteiger partial charge is 0.573 e. The molecule has 0 spiro atoms. The molecule has 0 saturated carbocycles. The van der Waals surface area contributed by atoms with Crippen LogP contribution >= 0.6 is 0 Å². The first kappa shape index (κ1) is 17.6. The van der Waals surface area contributed by atoms with Gasteiger partial charge >= 0.3 is 6.36 Å². The molecule has 0 bridgehead atoms. The Kier molecular flexibility index (Phi) is 4.71. The molecule has 1 heterocycles. The van der Waals surface area contributed by atoms with E-state index >= 15 is 0 Å². The molecule has 3 aromatic rings. The van der Waals surface area contributed by atoms with E-state index in [1.165, 1.54) is 24.3 Å². The minimum atomic E-state index is -4.72. The van der Waals surface area contributed by atoms with Crippen molar-refractivity contribution >= 4 is 22.5 Å². The van der Waals surface area contributed by atoms with Crippen LogP contribution in [0.1, 0.15) is 5.56 Å². The maximum Gasteiger partial charge on any atom is 0.573 e. The Morgan fingerprint density at radius 1 is 1.19 bits per heavy atom. The number of alkyl halides is 3. The summed E-state index contributed by atoms with van der Waals surface area (Å²) in [5.74, 6) is -0.550. The van der Waals surface area contributed by atoms with E-state index < -0.39 is 6.36 Å². The minimum Gasteiger partial charge on any atom is -0.406 e. The van der Waals surface area contributed by atoms with Gasteiger partial charge in [0.25, 0.3) is 0 Å². The number of hydrogen-bond acceptors (Lipinski definition) is 2. The molecule has 0 aliphatic carbocycles. The summed E-state index contributed by atoms with van der Waals surface area (Å²) in [7, 11) is 0. The lowest BCUT2D eigenvalue weighted by Crippen LogP contribution is -2.17. The third-order valence-corrected chi connectivity index (χ3v) is 3.71. The Hall–Kier alpha value is -3.22. The highest BCUT2D eigenvalue weighted by Crippen LogP contribution is 2.25. The first-order chi connectivity index (χ1) is 12.3. The monoisotopic (exact) mass is 360 g/mol. The van der Waals surface area contributed by atoms with Crippen molar-refractivity contribution < 1.29 is 22.7 Å². The van der Waals surface area contributed by atoms with Crippen LogP contribution in [0.4, 0.5) is 18.9 Å². The lowest BCUT2D eigenvalue weighted by molar-refractivity contribution is -0.274. The molecule has 0 aliphatic heterocycles. The second kappa shape index (κ2) is 6.95. The molecule has 26 heavy (non-hydrogen) atoms. The van der Waals surface area contributed by atoms with Gasteiger partial charge in [-0.25, -0.2) is 0 Å². The van der Waals surface area contributed by atoms with E-state index in [-0.39, 0.29) is 11.7 Å².